The van der Waals surface area contributed by atoms with Gasteiger partial charge in [0.1, 0.15) is 5.60 Å². The molecule has 1 aliphatic heterocycles. The topological polar surface area (TPSA) is 78.3 Å². The van der Waals surface area contributed by atoms with Gasteiger partial charge in [0.15, 0.2) is 0 Å². The van der Waals surface area contributed by atoms with Crippen molar-refractivity contribution in [1.82, 2.24) is 4.90 Å². The van der Waals surface area contributed by atoms with Crippen LogP contribution in [0.4, 0.5) is 4.79 Å². The van der Waals surface area contributed by atoms with Gasteiger partial charge in [-0.2, -0.15) is 0 Å². The maximum Gasteiger partial charge on any atom is 0.410 e. The summed E-state index contributed by atoms with van der Waals surface area (Å²) in [6.07, 6.45) is 1.95. The SMILES string of the molecule is CC(N=[N+]=[N-])c1ccc2c(c1)CN(C(=O)OC(C)(C)C)CC21CC1. The van der Waals surface area contributed by atoms with Crippen molar-refractivity contribution in [3.05, 3.63) is 45.3 Å². The normalized spacial score (nSPS) is 19.2. The summed E-state index contributed by atoms with van der Waals surface area (Å²) in [4.78, 5) is 17.2. The second-order valence-electron chi connectivity index (χ2n) is 7.91. The van der Waals surface area contributed by atoms with Crippen molar-refractivity contribution in [2.45, 2.75) is 64.1 Å². The summed E-state index contributed by atoms with van der Waals surface area (Å²) in [5.41, 5.74) is 11.7. The third-order valence-electron chi connectivity index (χ3n) is 4.77. The van der Waals surface area contributed by atoms with E-state index in [1.165, 1.54) is 5.56 Å². The highest BCUT2D eigenvalue weighted by Crippen LogP contribution is 2.52. The quantitative estimate of drug-likeness (QED) is 0.442. The Morgan fingerprint density at radius 2 is 2.12 bits per heavy atom. The Balaban J connectivity index is 1.89. The van der Waals surface area contributed by atoms with Crippen molar-refractivity contribution >= 4 is 6.09 Å². The van der Waals surface area contributed by atoms with Crippen molar-refractivity contribution in [2.24, 2.45) is 5.11 Å². The van der Waals surface area contributed by atoms with Crippen molar-refractivity contribution < 1.29 is 9.53 Å². The van der Waals surface area contributed by atoms with Crippen molar-refractivity contribution in [3.8, 4) is 0 Å². The van der Waals surface area contributed by atoms with Gasteiger partial charge in [0.25, 0.3) is 0 Å². The van der Waals surface area contributed by atoms with Crippen LogP contribution >= 0.6 is 0 Å². The lowest BCUT2D eigenvalue weighted by Crippen LogP contribution is -2.44. The summed E-state index contributed by atoms with van der Waals surface area (Å²) in [6.45, 7) is 8.80. The molecule has 6 nitrogen and oxygen atoms in total. The zero-order valence-corrected chi connectivity index (χ0v) is 14.7. The van der Waals surface area contributed by atoms with Gasteiger partial charge in [-0.1, -0.05) is 30.2 Å². The van der Waals surface area contributed by atoms with Crippen LogP contribution in [-0.2, 0) is 16.7 Å². The average Bonchev–Trinajstić information content (AvgIpc) is 3.25. The Morgan fingerprint density at radius 3 is 2.71 bits per heavy atom. The Kier molecular flexibility index (Phi) is 3.96. The number of nitrogens with zero attached hydrogens (tertiary/aromatic N) is 4. The number of carbonyl (C=O) groups excluding carboxylic acids is 1. The molecule has 1 amide bonds. The molecule has 0 aromatic heterocycles. The van der Waals surface area contributed by atoms with Gasteiger partial charge in [0.2, 0.25) is 0 Å². The number of amides is 1. The zero-order chi connectivity index (χ0) is 17.5. The van der Waals surface area contributed by atoms with E-state index in [1.807, 2.05) is 38.7 Å². The Hall–Kier alpha value is -2.20. The van der Waals surface area contributed by atoms with Crippen LogP contribution in [0.1, 0.15) is 63.3 Å². The summed E-state index contributed by atoms with van der Waals surface area (Å²) in [5.74, 6) is 0. The molecule has 1 aromatic rings. The molecule has 0 radical (unpaired) electrons. The second-order valence-corrected chi connectivity index (χ2v) is 7.91. The van der Waals surface area contributed by atoms with Crippen LogP contribution in [0.25, 0.3) is 10.4 Å². The van der Waals surface area contributed by atoms with Gasteiger partial charge in [-0.15, -0.1) is 0 Å². The Morgan fingerprint density at radius 1 is 1.42 bits per heavy atom. The van der Waals surface area contributed by atoms with Gasteiger partial charge < -0.3 is 9.64 Å². The number of rotatable bonds is 2. The molecule has 1 spiro atoms. The first kappa shape index (κ1) is 16.7. The molecule has 0 saturated heterocycles. The first-order valence-corrected chi connectivity index (χ1v) is 8.39. The number of ether oxygens (including phenoxy) is 1. The predicted octanol–water partition coefficient (Wildman–Crippen LogP) is 4.84. The third-order valence-corrected chi connectivity index (χ3v) is 4.77. The van der Waals surface area contributed by atoms with Crippen LogP contribution in [0, 0.1) is 0 Å². The fourth-order valence-electron chi connectivity index (χ4n) is 3.41. The number of benzene rings is 1. The molecule has 0 bridgehead atoms. The molecule has 1 aliphatic carbocycles. The van der Waals surface area contributed by atoms with Gasteiger partial charge in [0, 0.05) is 23.4 Å². The molecule has 1 heterocycles. The van der Waals surface area contributed by atoms with E-state index in [-0.39, 0.29) is 17.6 Å². The van der Waals surface area contributed by atoms with Crippen LogP contribution in [0.3, 0.4) is 0 Å². The minimum absolute atomic E-state index is 0.0880. The molecule has 0 N–H and O–H groups in total. The van der Waals surface area contributed by atoms with Gasteiger partial charge in [-0.05, 0) is 55.8 Å². The van der Waals surface area contributed by atoms with Crippen LogP contribution < -0.4 is 0 Å². The first-order chi connectivity index (χ1) is 11.2. The summed E-state index contributed by atoms with van der Waals surface area (Å²) in [5, 5.41) is 3.77. The van der Waals surface area contributed by atoms with E-state index in [0.29, 0.717) is 6.54 Å². The molecule has 24 heavy (non-hydrogen) atoms. The van der Waals surface area contributed by atoms with Crippen LogP contribution in [0.15, 0.2) is 23.3 Å². The predicted molar refractivity (Wildman–Crippen MR) is 91.6 cm³/mol. The minimum atomic E-state index is -0.494. The van der Waals surface area contributed by atoms with Crippen molar-refractivity contribution in [1.29, 1.82) is 0 Å². The lowest BCUT2D eigenvalue weighted by molar-refractivity contribution is 0.0196. The van der Waals surface area contributed by atoms with Gasteiger partial charge in [0.05, 0.1) is 6.04 Å². The maximum absolute atomic E-state index is 12.5. The molecule has 1 unspecified atom stereocenters. The molecule has 3 rings (SSSR count). The van der Waals surface area contributed by atoms with E-state index in [2.05, 4.69) is 22.2 Å². The minimum Gasteiger partial charge on any atom is -0.444 e. The third kappa shape index (κ3) is 3.20. The summed E-state index contributed by atoms with van der Waals surface area (Å²) >= 11 is 0. The van der Waals surface area contributed by atoms with Gasteiger partial charge in [-0.25, -0.2) is 4.79 Å². The Labute approximate surface area is 142 Å². The average molecular weight is 328 g/mol. The smallest absolute Gasteiger partial charge is 0.410 e. The lowest BCUT2D eigenvalue weighted by Gasteiger charge is -2.36. The summed E-state index contributed by atoms with van der Waals surface area (Å²) in [6, 6.07) is 6.05. The molecule has 6 heteroatoms. The monoisotopic (exact) mass is 328 g/mol. The van der Waals surface area contributed by atoms with Crippen LogP contribution in [0.5, 0.6) is 0 Å². The fourth-order valence-corrected chi connectivity index (χ4v) is 3.41. The zero-order valence-electron chi connectivity index (χ0n) is 14.7. The molecule has 128 valence electrons. The van der Waals surface area contributed by atoms with Crippen LogP contribution in [0.2, 0.25) is 0 Å². The second kappa shape index (κ2) is 5.71. The number of hydrogen-bond donors (Lipinski definition) is 0. The van der Waals surface area contributed by atoms with Crippen molar-refractivity contribution in [3.63, 3.8) is 0 Å². The van der Waals surface area contributed by atoms with Crippen molar-refractivity contribution in [2.75, 3.05) is 6.54 Å². The van der Waals surface area contributed by atoms with E-state index in [0.717, 1.165) is 30.5 Å². The molecule has 2 aliphatic rings. The largest absolute Gasteiger partial charge is 0.444 e. The van der Waals surface area contributed by atoms with E-state index >= 15 is 0 Å². The fraction of sp³-hybridized carbons (Fsp3) is 0.611. The molecular formula is C18H24N4O2. The Bertz CT molecular complexity index is 712. The van der Waals surface area contributed by atoms with Crippen LogP contribution in [-0.4, -0.2) is 23.1 Å². The number of carbonyl (C=O) groups is 1. The van der Waals surface area contributed by atoms with Gasteiger partial charge in [-0.3, -0.25) is 0 Å². The molecule has 1 saturated carbocycles. The lowest BCUT2D eigenvalue weighted by atomic mass is 9.85. The van der Waals surface area contributed by atoms with E-state index in [1.54, 1.807) is 0 Å². The van der Waals surface area contributed by atoms with E-state index in [9.17, 15) is 4.79 Å². The first-order valence-electron chi connectivity index (χ1n) is 8.39. The number of hydrogen-bond acceptors (Lipinski definition) is 3. The highest BCUT2D eigenvalue weighted by atomic mass is 16.6. The number of azide groups is 1. The molecule has 1 fully saturated rings. The highest BCUT2D eigenvalue weighted by Gasteiger charge is 2.50. The summed E-state index contributed by atoms with van der Waals surface area (Å²) < 4.78 is 5.55. The summed E-state index contributed by atoms with van der Waals surface area (Å²) in [7, 11) is 0. The van der Waals surface area contributed by atoms with Gasteiger partial charge >= 0.3 is 6.09 Å². The molecular weight excluding hydrogens is 304 g/mol. The standard InChI is InChI=1S/C18H24N4O2/c1-12(20-21-19)13-5-6-15-14(9-13)10-22(11-18(15)7-8-18)16(23)24-17(2,3)4/h5-6,9,12H,7-8,10-11H2,1-4H3. The number of fused-ring (bicyclic) bond motifs is 2. The molecule has 1 aromatic carbocycles. The van der Waals surface area contributed by atoms with E-state index in [4.69, 9.17) is 10.3 Å². The molecule has 1 atom stereocenters. The van der Waals surface area contributed by atoms with E-state index < -0.39 is 5.60 Å². The highest BCUT2D eigenvalue weighted by molar-refractivity contribution is 5.69. The maximum atomic E-state index is 12.5.